The van der Waals surface area contributed by atoms with Gasteiger partial charge in [0.1, 0.15) is 0 Å². The van der Waals surface area contributed by atoms with E-state index < -0.39 is 35.1 Å². The van der Waals surface area contributed by atoms with Crippen LogP contribution in [0, 0.1) is 11.3 Å². The van der Waals surface area contributed by atoms with E-state index in [1.54, 1.807) is 0 Å². The zero-order valence-corrected chi connectivity index (χ0v) is 10.1. The van der Waals surface area contributed by atoms with Crippen molar-refractivity contribution in [1.29, 1.82) is 5.26 Å². The van der Waals surface area contributed by atoms with Gasteiger partial charge in [0.2, 0.25) is 0 Å². The number of hydrogen-bond acceptors (Lipinski definition) is 2. The molecule has 0 aliphatic rings. The minimum atomic E-state index is -4.94. The van der Waals surface area contributed by atoms with Gasteiger partial charge in [0, 0.05) is 6.61 Å². The van der Waals surface area contributed by atoms with E-state index in [0.29, 0.717) is 12.1 Å². The molecule has 0 spiro atoms. The second-order valence-electron chi connectivity index (χ2n) is 3.80. The Morgan fingerprint density at radius 3 is 1.80 bits per heavy atom. The van der Waals surface area contributed by atoms with Crippen molar-refractivity contribution in [3.05, 3.63) is 34.9 Å². The van der Waals surface area contributed by atoms with Crippen molar-refractivity contribution in [2.45, 2.75) is 25.4 Å². The third-order valence-electron chi connectivity index (χ3n) is 2.36. The predicted molar refractivity (Wildman–Crippen MR) is 56.4 cm³/mol. The largest absolute Gasteiger partial charge is 0.416 e. The van der Waals surface area contributed by atoms with Gasteiger partial charge in [-0.25, -0.2) is 0 Å². The standard InChI is InChI=1S/C12H9F6NO/c1-2-20-10(6-19)7-3-8(11(13,14)15)5-9(4-7)12(16,17)18/h3-5,10H,2H2,1H3. The molecule has 0 saturated carbocycles. The van der Waals surface area contributed by atoms with Gasteiger partial charge >= 0.3 is 12.4 Å². The zero-order valence-electron chi connectivity index (χ0n) is 10.1. The van der Waals surface area contributed by atoms with Crippen LogP contribution in [0.5, 0.6) is 0 Å². The molecule has 2 nitrogen and oxygen atoms in total. The van der Waals surface area contributed by atoms with Gasteiger partial charge in [-0.3, -0.25) is 0 Å². The second-order valence-corrected chi connectivity index (χ2v) is 3.80. The van der Waals surface area contributed by atoms with E-state index in [1.165, 1.54) is 13.0 Å². The first-order chi connectivity index (χ1) is 9.09. The van der Waals surface area contributed by atoms with Gasteiger partial charge in [-0.15, -0.1) is 0 Å². The highest BCUT2D eigenvalue weighted by atomic mass is 19.4. The molecule has 0 fully saturated rings. The zero-order chi connectivity index (χ0) is 15.6. The van der Waals surface area contributed by atoms with E-state index in [9.17, 15) is 26.3 Å². The van der Waals surface area contributed by atoms with Gasteiger partial charge in [0.05, 0.1) is 17.2 Å². The Morgan fingerprint density at radius 1 is 1.05 bits per heavy atom. The van der Waals surface area contributed by atoms with Crippen LogP contribution in [-0.4, -0.2) is 6.61 Å². The quantitative estimate of drug-likeness (QED) is 0.778. The van der Waals surface area contributed by atoms with Crippen LogP contribution in [0.2, 0.25) is 0 Å². The van der Waals surface area contributed by atoms with E-state index in [0.717, 1.165) is 0 Å². The molecule has 0 bridgehead atoms. The predicted octanol–water partition coefficient (Wildman–Crippen LogP) is 4.33. The Morgan fingerprint density at radius 2 is 1.50 bits per heavy atom. The van der Waals surface area contributed by atoms with Crippen molar-refractivity contribution < 1.29 is 31.1 Å². The summed E-state index contributed by atoms with van der Waals surface area (Å²) in [7, 11) is 0. The van der Waals surface area contributed by atoms with Gasteiger partial charge < -0.3 is 4.74 Å². The minimum Gasteiger partial charge on any atom is -0.359 e. The number of rotatable bonds is 3. The number of hydrogen-bond donors (Lipinski definition) is 0. The van der Waals surface area contributed by atoms with Gasteiger partial charge in [0.15, 0.2) is 6.10 Å². The molecule has 1 aromatic rings. The molecule has 8 heteroatoms. The molecule has 1 atom stereocenters. The lowest BCUT2D eigenvalue weighted by Crippen LogP contribution is -2.13. The third kappa shape index (κ3) is 3.87. The highest BCUT2D eigenvalue weighted by Gasteiger charge is 2.37. The molecule has 0 aliphatic heterocycles. The third-order valence-corrected chi connectivity index (χ3v) is 2.36. The van der Waals surface area contributed by atoms with E-state index >= 15 is 0 Å². The summed E-state index contributed by atoms with van der Waals surface area (Å²) < 4.78 is 80.4. The maximum Gasteiger partial charge on any atom is 0.416 e. The number of alkyl halides is 6. The normalized spacial score (nSPS) is 13.9. The smallest absolute Gasteiger partial charge is 0.359 e. The Hall–Kier alpha value is -1.75. The maximum absolute atomic E-state index is 12.6. The van der Waals surface area contributed by atoms with Gasteiger partial charge in [-0.1, -0.05) is 0 Å². The average molecular weight is 297 g/mol. The van der Waals surface area contributed by atoms with E-state index in [-0.39, 0.29) is 12.7 Å². The lowest BCUT2D eigenvalue weighted by Gasteiger charge is -2.16. The van der Waals surface area contributed by atoms with Crippen LogP contribution in [0.25, 0.3) is 0 Å². The molecule has 20 heavy (non-hydrogen) atoms. The summed E-state index contributed by atoms with van der Waals surface area (Å²) in [5, 5.41) is 8.76. The molecule has 0 saturated heterocycles. The highest BCUT2D eigenvalue weighted by molar-refractivity contribution is 5.36. The fourth-order valence-electron chi connectivity index (χ4n) is 1.51. The molecule has 1 unspecified atom stereocenters. The van der Waals surface area contributed by atoms with Crippen molar-refractivity contribution in [2.75, 3.05) is 6.61 Å². The molecule has 0 aromatic heterocycles. The molecule has 1 rings (SSSR count). The first kappa shape index (κ1) is 16.3. The summed E-state index contributed by atoms with van der Waals surface area (Å²) in [6, 6.07) is 2.49. The Labute approximate surface area is 110 Å². The van der Waals surface area contributed by atoms with Gasteiger partial charge in [0.25, 0.3) is 0 Å². The Balaban J connectivity index is 3.42. The van der Waals surface area contributed by atoms with E-state index in [2.05, 4.69) is 0 Å². The number of benzene rings is 1. The molecule has 0 aliphatic carbocycles. The monoisotopic (exact) mass is 297 g/mol. The van der Waals surface area contributed by atoms with Crippen molar-refractivity contribution in [2.24, 2.45) is 0 Å². The van der Waals surface area contributed by atoms with Crippen molar-refractivity contribution in [1.82, 2.24) is 0 Å². The summed E-state index contributed by atoms with van der Waals surface area (Å²) in [5.41, 5.74) is -3.42. The van der Waals surface area contributed by atoms with Crippen LogP contribution < -0.4 is 0 Å². The Kier molecular flexibility index (Phi) is 4.65. The van der Waals surface area contributed by atoms with Crippen LogP contribution in [0.4, 0.5) is 26.3 Å². The van der Waals surface area contributed by atoms with Crippen LogP contribution >= 0.6 is 0 Å². The fourth-order valence-corrected chi connectivity index (χ4v) is 1.51. The molecule has 0 heterocycles. The van der Waals surface area contributed by atoms with Crippen LogP contribution in [-0.2, 0) is 17.1 Å². The van der Waals surface area contributed by atoms with Crippen molar-refractivity contribution >= 4 is 0 Å². The fraction of sp³-hybridized carbons (Fsp3) is 0.417. The van der Waals surface area contributed by atoms with Crippen LogP contribution in [0.3, 0.4) is 0 Å². The number of ether oxygens (including phenoxy) is 1. The van der Waals surface area contributed by atoms with Crippen molar-refractivity contribution in [3.8, 4) is 6.07 Å². The summed E-state index contributed by atoms with van der Waals surface area (Å²) >= 11 is 0. The summed E-state index contributed by atoms with van der Waals surface area (Å²) in [6.45, 7) is 1.46. The van der Waals surface area contributed by atoms with Gasteiger partial charge in [-0.05, 0) is 30.7 Å². The van der Waals surface area contributed by atoms with Gasteiger partial charge in [-0.2, -0.15) is 31.6 Å². The van der Waals surface area contributed by atoms with Crippen LogP contribution in [0.15, 0.2) is 18.2 Å². The summed E-state index contributed by atoms with van der Waals surface area (Å²) in [6.07, 6.45) is -11.4. The molecule has 0 amide bonds. The first-order valence-electron chi connectivity index (χ1n) is 5.40. The SMILES string of the molecule is CCOC(C#N)c1cc(C(F)(F)F)cc(C(F)(F)F)c1. The molecular formula is C12H9F6NO. The minimum absolute atomic E-state index is 0.00385. The average Bonchev–Trinajstić information content (AvgIpc) is 2.33. The lowest BCUT2D eigenvalue weighted by atomic mass is 10.0. The number of nitrogens with zero attached hydrogens (tertiary/aromatic N) is 1. The number of halogens is 6. The molecule has 0 N–H and O–H groups in total. The highest BCUT2D eigenvalue weighted by Crippen LogP contribution is 2.37. The maximum atomic E-state index is 12.6. The Bertz CT molecular complexity index is 482. The topological polar surface area (TPSA) is 33.0 Å². The summed E-state index contributed by atoms with van der Waals surface area (Å²) in [4.78, 5) is 0. The molecule has 110 valence electrons. The van der Waals surface area contributed by atoms with E-state index in [1.807, 2.05) is 0 Å². The molecule has 1 aromatic carbocycles. The summed E-state index contributed by atoms with van der Waals surface area (Å²) in [5.74, 6) is 0. The second kappa shape index (κ2) is 5.71. The number of nitriles is 1. The van der Waals surface area contributed by atoms with Crippen LogP contribution in [0.1, 0.15) is 29.7 Å². The molecular weight excluding hydrogens is 288 g/mol. The van der Waals surface area contributed by atoms with Crippen molar-refractivity contribution in [3.63, 3.8) is 0 Å². The first-order valence-corrected chi connectivity index (χ1v) is 5.40. The van der Waals surface area contributed by atoms with E-state index in [4.69, 9.17) is 10.00 Å². The molecule has 0 radical (unpaired) electrons. The lowest BCUT2D eigenvalue weighted by molar-refractivity contribution is -0.143.